The molecule has 1 N–H and O–H groups in total. The van der Waals surface area contributed by atoms with E-state index in [2.05, 4.69) is 36.5 Å². The molecule has 0 atom stereocenters. The topological polar surface area (TPSA) is 46.2 Å². The molecule has 0 saturated heterocycles. The Hall–Kier alpha value is -0.870. The summed E-state index contributed by atoms with van der Waals surface area (Å²) in [5.74, 6) is 0.619. The zero-order valence-corrected chi connectivity index (χ0v) is 13.6. The lowest BCUT2D eigenvalue weighted by atomic mass is 9.75. The van der Waals surface area contributed by atoms with Crippen LogP contribution in [-0.2, 0) is 9.84 Å². The average molecular weight is 295 g/mol. The van der Waals surface area contributed by atoms with Gasteiger partial charge in [-0.25, -0.2) is 8.42 Å². The van der Waals surface area contributed by atoms with Crippen molar-refractivity contribution in [1.82, 2.24) is 5.32 Å². The van der Waals surface area contributed by atoms with E-state index in [-0.39, 0.29) is 0 Å². The third kappa shape index (κ3) is 3.41. The summed E-state index contributed by atoms with van der Waals surface area (Å²) < 4.78 is 22.6. The van der Waals surface area contributed by atoms with Crippen molar-refractivity contribution in [2.24, 2.45) is 0 Å². The molecule has 1 aliphatic rings. The minimum atomic E-state index is -3.02. The average Bonchev–Trinajstić information content (AvgIpc) is 2.25. The van der Waals surface area contributed by atoms with Crippen LogP contribution in [0.25, 0.3) is 0 Å². The molecule has 112 valence electrons. The van der Waals surface area contributed by atoms with Gasteiger partial charge >= 0.3 is 0 Å². The lowest BCUT2D eigenvalue weighted by Gasteiger charge is -2.38. The molecule has 0 amide bonds. The molecule has 20 heavy (non-hydrogen) atoms. The predicted octanol–water partition coefficient (Wildman–Crippen LogP) is 2.65. The maximum Gasteiger partial charge on any atom is 0.153 e. The second kappa shape index (κ2) is 5.49. The van der Waals surface area contributed by atoms with Gasteiger partial charge in [-0.15, -0.1) is 0 Å². The van der Waals surface area contributed by atoms with Crippen molar-refractivity contribution in [3.8, 4) is 0 Å². The van der Waals surface area contributed by atoms with Gasteiger partial charge in [0.05, 0.1) is 4.75 Å². The van der Waals surface area contributed by atoms with Gasteiger partial charge in [-0.1, -0.05) is 29.8 Å². The molecule has 1 fully saturated rings. The Morgan fingerprint density at radius 1 is 1.30 bits per heavy atom. The highest BCUT2D eigenvalue weighted by Gasteiger charge is 2.34. The minimum absolute atomic E-state index is 0.446. The Morgan fingerprint density at radius 2 is 1.95 bits per heavy atom. The van der Waals surface area contributed by atoms with Gasteiger partial charge in [0.1, 0.15) is 0 Å². The Morgan fingerprint density at radius 3 is 2.50 bits per heavy atom. The van der Waals surface area contributed by atoms with Gasteiger partial charge in [-0.05, 0) is 45.1 Å². The fourth-order valence-electron chi connectivity index (χ4n) is 2.50. The van der Waals surface area contributed by atoms with Gasteiger partial charge in [0, 0.05) is 18.8 Å². The molecule has 3 nitrogen and oxygen atoms in total. The monoisotopic (exact) mass is 295 g/mol. The first-order chi connectivity index (χ1) is 9.19. The van der Waals surface area contributed by atoms with Gasteiger partial charge in [-0.3, -0.25) is 0 Å². The first kappa shape index (κ1) is 15.5. The van der Waals surface area contributed by atoms with E-state index < -0.39 is 14.6 Å². The summed E-state index contributed by atoms with van der Waals surface area (Å²) in [7, 11) is -3.02. The second-order valence-electron chi connectivity index (χ2n) is 6.69. The van der Waals surface area contributed by atoms with Gasteiger partial charge in [0.2, 0.25) is 0 Å². The van der Waals surface area contributed by atoms with Crippen molar-refractivity contribution >= 4 is 9.84 Å². The second-order valence-corrected chi connectivity index (χ2v) is 9.34. The first-order valence-electron chi connectivity index (χ1n) is 7.18. The quantitative estimate of drug-likeness (QED) is 0.908. The summed E-state index contributed by atoms with van der Waals surface area (Å²) in [5.41, 5.74) is 2.71. The van der Waals surface area contributed by atoms with E-state index in [1.54, 1.807) is 13.8 Å². The molecular weight excluding hydrogens is 270 g/mol. The van der Waals surface area contributed by atoms with E-state index in [9.17, 15) is 8.42 Å². The smallest absolute Gasteiger partial charge is 0.153 e. The normalized spacial score (nSPS) is 23.4. The van der Waals surface area contributed by atoms with Crippen LogP contribution < -0.4 is 5.32 Å². The van der Waals surface area contributed by atoms with Gasteiger partial charge < -0.3 is 5.32 Å². The Balaban J connectivity index is 1.83. The van der Waals surface area contributed by atoms with Crippen LogP contribution in [0, 0.1) is 6.92 Å². The number of hydrogen-bond acceptors (Lipinski definition) is 3. The zero-order chi connectivity index (χ0) is 15.0. The molecule has 1 aromatic carbocycles. The number of hydrogen-bond donors (Lipinski definition) is 1. The molecule has 0 bridgehead atoms. The third-order valence-corrected chi connectivity index (χ3v) is 6.62. The van der Waals surface area contributed by atoms with Crippen molar-refractivity contribution in [2.75, 3.05) is 12.8 Å². The molecule has 0 heterocycles. The third-order valence-electron chi connectivity index (χ3n) is 4.47. The van der Waals surface area contributed by atoms with Crippen molar-refractivity contribution in [3.63, 3.8) is 0 Å². The summed E-state index contributed by atoms with van der Waals surface area (Å²) in [6.07, 6.45) is 3.51. The van der Waals surface area contributed by atoms with Gasteiger partial charge in [0.15, 0.2) is 9.84 Å². The number of sulfone groups is 1. The first-order valence-corrected chi connectivity index (χ1v) is 9.08. The summed E-state index contributed by atoms with van der Waals surface area (Å²) in [4.78, 5) is 0. The van der Waals surface area contributed by atoms with Gasteiger partial charge in [-0.2, -0.15) is 0 Å². The number of rotatable bonds is 5. The Labute approximate surface area is 122 Å². The maximum absolute atomic E-state index is 11.7. The van der Waals surface area contributed by atoms with Crippen LogP contribution in [0.1, 0.15) is 43.7 Å². The van der Waals surface area contributed by atoms with E-state index in [4.69, 9.17) is 0 Å². The molecule has 0 aromatic heterocycles. The summed E-state index contributed by atoms with van der Waals surface area (Å²) >= 11 is 0. The fourth-order valence-corrected chi connectivity index (χ4v) is 2.85. The molecule has 1 saturated carbocycles. The Kier molecular flexibility index (Phi) is 4.26. The predicted molar refractivity (Wildman–Crippen MR) is 83.9 cm³/mol. The van der Waals surface area contributed by atoms with E-state index >= 15 is 0 Å². The highest BCUT2D eigenvalue weighted by atomic mass is 32.2. The van der Waals surface area contributed by atoms with Crippen LogP contribution in [0.3, 0.4) is 0 Å². The molecule has 0 unspecified atom stereocenters. The summed E-state index contributed by atoms with van der Waals surface area (Å²) in [6, 6.07) is 9.11. The lowest BCUT2D eigenvalue weighted by Crippen LogP contribution is -2.49. The van der Waals surface area contributed by atoms with Crippen molar-refractivity contribution in [2.45, 2.75) is 50.3 Å². The molecule has 0 aliphatic heterocycles. The van der Waals surface area contributed by atoms with Crippen LogP contribution >= 0.6 is 0 Å². The zero-order valence-electron chi connectivity index (χ0n) is 12.8. The standard InChI is InChI=1S/C16H25NO2S/c1-12-6-5-7-13(8-12)14-9-15(10-14)17-11-16(2,3)20(4,18)19/h5-8,14-15,17H,9-11H2,1-4H3. The molecule has 2 rings (SSSR count). The molecule has 0 spiro atoms. The Bertz CT molecular complexity index is 572. The fraction of sp³-hybridized carbons (Fsp3) is 0.625. The molecule has 1 aromatic rings. The largest absolute Gasteiger partial charge is 0.312 e. The molecule has 0 radical (unpaired) electrons. The summed E-state index contributed by atoms with van der Waals surface area (Å²) in [6.45, 7) is 6.21. The van der Waals surface area contributed by atoms with Crippen molar-refractivity contribution in [3.05, 3.63) is 35.4 Å². The SMILES string of the molecule is Cc1cccc(C2CC(NCC(C)(C)S(C)(=O)=O)C2)c1. The van der Waals surface area contributed by atoms with Crippen molar-refractivity contribution in [1.29, 1.82) is 0 Å². The van der Waals surface area contributed by atoms with Crippen LogP contribution in [-0.4, -0.2) is 32.0 Å². The van der Waals surface area contributed by atoms with Crippen molar-refractivity contribution < 1.29 is 8.42 Å². The van der Waals surface area contributed by atoms with E-state index in [0.717, 1.165) is 12.8 Å². The van der Waals surface area contributed by atoms with Crippen LogP contribution in [0.15, 0.2) is 24.3 Å². The van der Waals surface area contributed by atoms with Gasteiger partial charge in [0.25, 0.3) is 0 Å². The summed E-state index contributed by atoms with van der Waals surface area (Å²) in [5, 5.41) is 3.40. The molecule has 1 aliphatic carbocycles. The van der Waals surface area contributed by atoms with Crippen LogP contribution in [0.4, 0.5) is 0 Å². The van der Waals surface area contributed by atoms with E-state index in [1.807, 2.05) is 0 Å². The molecular formula is C16H25NO2S. The number of aryl methyl sites for hydroxylation is 1. The number of nitrogens with one attached hydrogen (secondary N) is 1. The van der Waals surface area contributed by atoms with Crippen LogP contribution in [0.2, 0.25) is 0 Å². The lowest BCUT2D eigenvalue weighted by molar-refractivity contribution is 0.284. The van der Waals surface area contributed by atoms with E-state index in [0.29, 0.717) is 18.5 Å². The van der Waals surface area contributed by atoms with Crippen LogP contribution in [0.5, 0.6) is 0 Å². The molecule has 4 heteroatoms. The van der Waals surface area contributed by atoms with E-state index in [1.165, 1.54) is 17.4 Å². The number of benzene rings is 1. The highest BCUT2D eigenvalue weighted by molar-refractivity contribution is 7.92. The maximum atomic E-state index is 11.7. The highest BCUT2D eigenvalue weighted by Crippen LogP contribution is 2.37. The minimum Gasteiger partial charge on any atom is -0.312 e.